The topological polar surface area (TPSA) is 12.0 Å². The number of nitrogens with one attached hydrogen (secondary N) is 1. The molecule has 1 saturated carbocycles. The van der Waals surface area contributed by atoms with Crippen molar-refractivity contribution >= 4 is 0 Å². The lowest BCUT2D eigenvalue weighted by atomic mass is 9.85. The Morgan fingerprint density at radius 2 is 1.71 bits per heavy atom. The van der Waals surface area contributed by atoms with Crippen LogP contribution in [0, 0.1) is 5.92 Å². The van der Waals surface area contributed by atoms with Crippen LogP contribution in [0.3, 0.4) is 0 Å². The van der Waals surface area contributed by atoms with Gasteiger partial charge in [0.25, 0.3) is 0 Å². The highest BCUT2D eigenvalue weighted by atomic mass is 14.9. The first-order valence-corrected chi connectivity index (χ1v) is 8.82. The summed E-state index contributed by atoms with van der Waals surface area (Å²) in [5, 5.41) is 3.67. The van der Waals surface area contributed by atoms with E-state index in [9.17, 15) is 0 Å². The van der Waals surface area contributed by atoms with Crippen LogP contribution < -0.4 is 5.32 Å². The maximum atomic E-state index is 3.67. The Labute approximate surface area is 131 Å². The molecule has 0 saturated heterocycles. The van der Waals surface area contributed by atoms with Crippen LogP contribution in [0.4, 0.5) is 0 Å². The van der Waals surface area contributed by atoms with Crippen LogP contribution >= 0.6 is 0 Å². The number of rotatable bonds is 4. The van der Waals surface area contributed by atoms with E-state index in [1.54, 1.807) is 0 Å². The zero-order chi connectivity index (χ0) is 15.3. The summed E-state index contributed by atoms with van der Waals surface area (Å²) in [6, 6.07) is 10.1. The molecule has 0 bridgehead atoms. The van der Waals surface area contributed by atoms with Crippen molar-refractivity contribution in [3.63, 3.8) is 0 Å². The zero-order valence-corrected chi connectivity index (χ0v) is 14.4. The standard InChI is InChI=1S/C20H33N/c1-5-21-19-9-7-6-8-17(15-19)14-16-10-12-18(13-11-16)20(2,3)4/h10-13,17,19,21H,5-9,14-15H2,1-4H3. The summed E-state index contributed by atoms with van der Waals surface area (Å²) < 4.78 is 0. The molecule has 1 aromatic rings. The van der Waals surface area contributed by atoms with E-state index >= 15 is 0 Å². The molecule has 0 heterocycles. The van der Waals surface area contributed by atoms with Crippen molar-refractivity contribution in [3.05, 3.63) is 35.4 Å². The molecule has 1 heteroatoms. The molecular formula is C20H33N. The van der Waals surface area contributed by atoms with E-state index in [0.29, 0.717) is 0 Å². The normalized spacial score (nSPS) is 23.8. The van der Waals surface area contributed by atoms with Crippen molar-refractivity contribution in [2.75, 3.05) is 6.54 Å². The maximum Gasteiger partial charge on any atom is 0.00696 e. The number of hydrogen-bond donors (Lipinski definition) is 1. The minimum absolute atomic E-state index is 0.261. The van der Waals surface area contributed by atoms with Gasteiger partial charge in [-0.1, -0.05) is 71.2 Å². The van der Waals surface area contributed by atoms with Crippen molar-refractivity contribution in [2.24, 2.45) is 5.92 Å². The highest BCUT2D eigenvalue weighted by Crippen LogP contribution is 2.28. The lowest BCUT2D eigenvalue weighted by molar-refractivity contribution is 0.389. The van der Waals surface area contributed by atoms with E-state index in [1.807, 2.05) is 0 Å². The molecule has 1 N–H and O–H groups in total. The fourth-order valence-electron chi connectivity index (χ4n) is 3.60. The predicted molar refractivity (Wildman–Crippen MR) is 92.9 cm³/mol. The van der Waals surface area contributed by atoms with Crippen LogP contribution in [0.2, 0.25) is 0 Å². The lowest BCUT2D eigenvalue weighted by Gasteiger charge is -2.22. The summed E-state index contributed by atoms with van der Waals surface area (Å²) >= 11 is 0. The first-order valence-electron chi connectivity index (χ1n) is 8.82. The Kier molecular flexibility index (Phi) is 5.87. The van der Waals surface area contributed by atoms with Gasteiger partial charge >= 0.3 is 0 Å². The third-order valence-corrected chi connectivity index (χ3v) is 4.87. The first kappa shape index (κ1) is 16.5. The maximum absolute atomic E-state index is 3.67. The first-order chi connectivity index (χ1) is 9.99. The van der Waals surface area contributed by atoms with E-state index in [1.165, 1.54) is 49.7 Å². The average Bonchev–Trinajstić information content (AvgIpc) is 2.64. The third kappa shape index (κ3) is 5.14. The molecule has 1 aromatic carbocycles. The second kappa shape index (κ2) is 7.45. The van der Waals surface area contributed by atoms with Crippen LogP contribution in [-0.4, -0.2) is 12.6 Å². The van der Waals surface area contributed by atoms with E-state index in [4.69, 9.17) is 0 Å². The highest BCUT2D eigenvalue weighted by molar-refractivity contribution is 5.27. The molecule has 118 valence electrons. The summed E-state index contributed by atoms with van der Waals surface area (Å²) in [5.41, 5.74) is 3.22. The minimum atomic E-state index is 0.261. The van der Waals surface area contributed by atoms with Gasteiger partial charge in [-0.05, 0) is 48.3 Å². The molecule has 0 amide bonds. The summed E-state index contributed by atoms with van der Waals surface area (Å²) in [7, 11) is 0. The summed E-state index contributed by atoms with van der Waals surface area (Å²) in [6.45, 7) is 10.2. The Morgan fingerprint density at radius 3 is 2.33 bits per heavy atom. The van der Waals surface area contributed by atoms with Gasteiger partial charge in [-0.2, -0.15) is 0 Å². The quantitative estimate of drug-likeness (QED) is 0.761. The van der Waals surface area contributed by atoms with Crippen molar-refractivity contribution in [3.8, 4) is 0 Å². The van der Waals surface area contributed by atoms with E-state index in [-0.39, 0.29) is 5.41 Å². The van der Waals surface area contributed by atoms with Gasteiger partial charge in [-0.25, -0.2) is 0 Å². The van der Waals surface area contributed by atoms with Gasteiger partial charge < -0.3 is 5.32 Å². The molecule has 0 aromatic heterocycles. The fraction of sp³-hybridized carbons (Fsp3) is 0.700. The third-order valence-electron chi connectivity index (χ3n) is 4.87. The molecular weight excluding hydrogens is 254 g/mol. The Bertz CT molecular complexity index is 412. The lowest BCUT2D eigenvalue weighted by Crippen LogP contribution is -2.30. The van der Waals surface area contributed by atoms with Gasteiger partial charge in [0.15, 0.2) is 0 Å². The molecule has 1 nitrogen and oxygen atoms in total. The Hall–Kier alpha value is -0.820. The van der Waals surface area contributed by atoms with Crippen molar-refractivity contribution in [1.29, 1.82) is 0 Å². The summed E-state index contributed by atoms with van der Waals surface area (Å²) in [6.07, 6.45) is 8.20. The van der Waals surface area contributed by atoms with Crippen LogP contribution in [-0.2, 0) is 11.8 Å². The van der Waals surface area contributed by atoms with E-state index < -0.39 is 0 Å². The molecule has 1 fully saturated rings. The SMILES string of the molecule is CCNC1CCCCC(Cc2ccc(C(C)(C)C)cc2)C1. The molecule has 2 unspecified atom stereocenters. The van der Waals surface area contributed by atoms with E-state index in [2.05, 4.69) is 57.3 Å². The average molecular weight is 287 g/mol. The van der Waals surface area contributed by atoms with Gasteiger partial charge in [0.1, 0.15) is 0 Å². The van der Waals surface area contributed by atoms with E-state index in [0.717, 1.165) is 18.5 Å². The van der Waals surface area contributed by atoms with Crippen LogP contribution in [0.1, 0.15) is 70.9 Å². The molecule has 2 rings (SSSR count). The smallest absolute Gasteiger partial charge is 0.00696 e. The second-order valence-electron chi connectivity index (χ2n) is 7.79. The van der Waals surface area contributed by atoms with Crippen molar-refractivity contribution < 1.29 is 0 Å². The van der Waals surface area contributed by atoms with Crippen LogP contribution in [0.15, 0.2) is 24.3 Å². The van der Waals surface area contributed by atoms with Gasteiger partial charge in [-0.3, -0.25) is 0 Å². The fourth-order valence-corrected chi connectivity index (χ4v) is 3.60. The monoisotopic (exact) mass is 287 g/mol. The number of hydrogen-bond acceptors (Lipinski definition) is 1. The summed E-state index contributed by atoms with van der Waals surface area (Å²) in [4.78, 5) is 0. The molecule has 0 spiro atoms. The number of benzene rings is 1. The van der Waals surface area contributed by atoms with Crippen molar-refractivity contribution in [1.82, 2.24) is 5.32 Å². The molecule has 0 aliphatic heterocycles. The predicted octanol–water partition coefficient (Wildman–Crippen LogP) is 5.09. The van der Waals surface area contributed by atoms with Crippen LogP contribution in [0.5, 0.6) is 0 Å². The zero-order valence-electron chi connectivity index (χ0n) is 14.4. The summed E-state index contributed by atoms with van der Waals surface area (Å²) in [5.74, 6) is 0.858. The van der Waals surface area contributed by atoms with Crippen molar-refractivity contribution in [2.45, 2.75) is 77.7 Å². The van der Waals surface area contributed by atoms with Gasteiger partial charge in [0.2, 0.25) is 0 Å². The molecule has 21 heavy (non-hydrogen) atoms. The second-order valence-corrected chi connectivity index (χ2v) is 7.79. The Morgan fingerprint density at radius 1 is 1.05 bits per heavy atom. The molecule has 1 aliphatic rings. The van der Waals surface area contributed by atoms with Gasteiger partial charge in [0, 0.05) is 6.04 Å². The molecule has 2 atom stereocenters. The highest BCUT2D eigenvalue weighted by Gasteiger charge is 2.20. The Balaban J connectivity index is 1.96. The van der Waals surface area contributed by atoms with Gasteiger partial charge in [0.05, 0.1) is 0 Å². The molecule has 1 aliphatic carbocycles. The van der Waals surface area contributed by atoms with Crippen LogP contribution in [0.25, 0.3) is 0 Å². The minimum Gasteiger partial charge on any atom is -0.314 e. The molecule has 0 radical (unpaired) electrons. The van der Waals surface area contributed by atoms with Gasteiger partial charge in [-0.15, -0.1) is 0 Å². The largest absolute Gasteiger partial charge is 0.314 e.